The zero-order valence-electron chi connectivity index (χ0n) is 12.7. The van der Waals surface area contributed by atoms with Gasteiger partial charge in [-0.3, -0.25) is 9.59 Å². The normalized spacial score (nSPS) is 20.9. The Balaban J connectivity index is 0.000000550. The van der Waals surface area contributed by atoms with Gasteiger partial charge < -0.3 is 9.80 Å². The monoisotopic (exact) mass is 268 g/mol. The van der Waals surface area contributed by atoms with Crippen LogP contribution in [0.2, 0.25) is 0 Å². The molecule has 1 saturated heterocycles. The van der Waals surface area contributed by atoms with Crippen molar-refractivity contribution in [3.63, 3.8) is 0 Å². The molecule has 2 fully saturated rings. The smallest absolute Gasteiger partial charge is 0.242 e. The van der Waals surface area contributed by atoms with Crippen LogP contribution in [0.25, 0.3) is 0 Å². The van der Waals surface area contributed by atoms with E-state index in [1.807, 2.05) is 4.90 Å². The lowest BCUT2D eigenvalue weighted by Gasteiger charge is -2.40. The molecule has 1 heterocycles. The lowest BCUT2D eigenvalue weighted by atomic mass is 9.93. The average molecular weight is 268 g/mol. The van der Waals surface area contributed by atoms with Gasteiger partial charge in [-0.1, -0.05) is 39.5 Å². The van der Waals surface area contributed by atoms with Crippen LogP contribution in [0.1, 0.15) is 59.3 Å². The fraction of sp³-hybridized carbons (Fsp3) is 0.867. The maximum Gasteiger partial charge on any atom is 0.242 e. The Bertz CT molecular complexity index is 299. The van der Waals surface area contributed by atoms with Gasteiger partial charge in [0.05, 0.1) is 6.54 Å². The highest BCUT2D eigenvalue weighted by molar-refractivity contribution is 5.85. The molecule has 4 nitrogen and oxygen atoms in total. The van der Waals surface area contributed by atoms with Crippen molar-refractivity contribution in [2.45, 2.75) is 65.3 Å². The van der Waals surface area contributed by atoms with Crippen LogP contribution < -0.4 is 0 Å². The molecule has 0 aromatic heterocycles. The van der Waals surface area contributed by atoms with Crippen molar-refractivity contribution < 1.29 is 9.59 Å². The molecule has 0 unspecified atom stereocenters. The Morgan fingerprint density at radius 3 is 2.21 bits per heavy atom. The number of rotatable bonds is 1. The highest BCUT2D eigenvalue weighted by Gasteiger charge is 2.30. The van der Waals surface area contributed by atoms with Crippen molar-refractivity contribution in [2.75, 3.05) is 19.6 Å². The van der Waals surface area contributed by atoms with Crippen molar-refractivity contribution in [1.82, 2.24) is 9.80 Å². The summed E-state index contributed by atoms with van der Waals surface area (Å²) in [5.41, 5.74) is 0. The van der Waals surface area contributed by atoms with Crippen molar-refractivity contribution in [2.24, 2.45) is 0 Å². The van der Waals surface area contributed by atoms with Gasteiger partial charge in [0.1, 0.15) is 0 Å². The summed E-state index contributed by atoms with van der Waals surface area (Å²) in [6.45, 7) is 7.50. The van der Waals surface area contributed by atoms with Crippen LogP contribution in [-0.4, -0.2) is 47.3 Å². The number of carbonyl (C=O) groups excluding carboxylic acids is 2. The number of carbonyl (C=O) groups is 2. The first-order chi connectivity index (χ1) is 9.10. The third-order valence-corrected chi connectivity index (χ3v) is 3.72. The summed E-state index contributed by atoms with van der Waals surface area (Å²) in [5.74, 6) is 0.144. The van der Waals surface area contributed by atoms with E-state index in [-0.39, 0.29) is 18.4 Å². The van der Waals surface area contributed by atoms with Crippen molar-refractivity contribution >= 4 is 11.8 Å². The molecule has 0 aromatic rings. The third kappa shape index (κ3) is 4.84. The fourth-order valence-electron chi connectivity index (χ4n) is 2.73. The molecule has 2 rings (SSSR count). The molecule has 2 aliphatic rings. The van der Waals surface area contributed by atoms with E-state index in [0.717, 1.165) is 19.4 Å². The lowest BCUT2D eigenvalue weighted by molar-refractivity contribution is -0.146. The Hall–Kier alpha value is -1.06. The van der Waals surface area contributed by atoms with E-state index in [2.05, 4.69) is 13.8 Å². The van der Waals surface area contributed by atoms with E-state index in [0.29, 0.717) is 12.6 Å². The quantitative estimate of drug-likeness (QED) is 0.733. The minimum absolute atomic E-state index is 0.0108. The van der Waals surface area contributed by atoms with Gasteiger partial charge in [-0.15, -0.1) is 0 Å². The van der Waals surface area contributed by atoms with Crippen LogP contribution in [0.3, 0.4) is 0 Å². The molecule has 0 N–H and O–H groups in total. The van der Waals surface area contributed by atoms with Gasteiger partial charge in [0.2, 0.25) is 11.8 Å². The molecule has 110 valence electrons. The molecular weight excluding hydrogens is 240 g/mol. The molecule has 0 atom stereocenters. The number of piperazine rings is 1. The predicted molar refractivity (Wildman–Crippen MR) is 76.8 cm³/mol. The number of hydrogen-bond acceptors (Lipinski definition) is 2. The van der Waals surface area contributed by atoms with Crippen LogP contribution in [0.15, 0.2) is 0 Å². The molecule has 1 aliphatic carbocycles. The van der Waals surface area contributed by atoms with E-state index < -0.39 is 0 Å². The van der Waals surface area contributed by atoms with Crippen molar-refractivity contribution in [3.8, 4) is 0 Å². The molecule has 2 amide bonds. The zero-order valence-corrected chi connectivity index (χ0v) is 12.7. The van der Waals surface area contributed by atoms with Gasteiger partial charge >= 0.3 is 0 Å². The van der Waals surface area contributed by atoms with Gasteiger partial charge in [0, 0.05) is 26.1 Å². The van der Waals surface area contributed by atoms with Gasteiger partial charge in [0.25, 0.3) is 0 Å². The SMILES string of the molecule is CC(=O)N1CCN(C2CCCCC2)C(=O)C1.CCC. The summed E-state index contributed by atoms with van der Waals surface area (Å²) in [4.78, 5) is 26.8. The maximum absolute atomic E-state index is 11.9. The number of hydrogen-bond donors (Lipinski definition) is 0. The van der Waals surface area contributed by atoms with Gasteiger partial charge in [-0.2, -0.15) is 0 Å². The third-order valence-electron chi connectivity index (χ3n) is 3.72. The van der Waals surface area contributed by atoms with Crippen LogP contribution >= 0.6 is 0 Å². The predicted octanol–water partition coefficient (Wildman–Crippen LogP) is 2.43. The van der Waals surface area contributed by atoms with E-state index in [1.165, 1.54) is 32.6 Å². The first kappa shape index (κ1) is 16.0. The highest BCUT2D eigenvalue weighted by Crippen LogP contribution is 2.23. The Morgan fingerprint density at radius 2 is 1.74 bits per heavy atom. The lowest BCUT2D eigenvalue weighted by Crippen LogP contribution is -2.55. The average Bonchev–Trinajstić information content (AvgIpc) is 2.40. The van der Waals surface area contributed by atoms with Crippen LogP contribution in [0.5, 0.6) is 0 Å². The highest BCUT2D eigenvalue weighted by atomic mass is 16.2. The van der Waals surface area contributed by atoms with Crippen LogP contribution in [-0.2, 0) is 9.59 Å². The molecule has 0 spiro atoms. The topological polar surface area (TPSA) is 40.6 Å². The summed E-state index contributed by atoms with van der Waals surface area (Å²) in [6.07, 6.45) is 7.32. The van der Waals surface area contributed by atoms with Gasteiger partial charge in [0.15, 0.2) is 0 Å². The second-order valence-corrected chi connectivity index (χ2v) is 5.53. The minimum Gasteiger partial charge on any atom is -0.336 e. The Labute approximate surface area is 117 Å². The van der Waals surface area contributed by atoms with E-state index in [1.54, 1.807) is 4.90 Å². The Kier molecular flexibility index (Phi) is 6.89. The molecule has 0 radical (unpaired) electrons. The maximum atomic E-state index is 11.9. The second-order valence-electron chi connectivity index (χ2n) is 5.53. The Morgan fingerprint density at radius 1 is 1.16 bits per heavy atom. The van der Waals surface area contributed by atoms with E-state index >= 15 is 0 Å². The van der Waals surface area contributed by atoms with E-state index in [9.17, 15) is 9.59 Å². The molecule has 1 saturated carbocycles. The first-order valence-corrected chi connectivity index (χ1v) is 7.65. The number of amides is 2. The van der Waals surface area contributed by atoms with Crippen LogP contribution in [0.4, 0.5) is 0 Å². The molecule has 1 aliphatic heterocycles. The molecule has 0 bridgehead atoms. The minimum atomic E-state index is 0.0108. The summed E-state index contributed by atoms with van der Waals surface area (Å²) in [5, 5.41) is 0. The number of nitrogens with zero attached hydrogens (tertiary/aromatic N) is 2. The standard InChI is InChI=1S/C12H20N2O2.C3H8/c1-10(15)13-7-8-14(12(16)9-13)11-5-3-2-4-6-11;1-3-2/h11H,2-9H2,1H3;3H2,1-2H3. The fourth-order valence-corrected chi connectivity index (χ4v) is 2.73. The van der Waals surface area contributed by atoms with Gasteiger partial charge in [-0.05, 0) is 12.8 Å². The zero-order chi connectivity index (χ0) is 14.3. The molecule has 4 heteroatoms. The molecule has 19 heavy (non-hydrogen) atoms. The second kappa shape index (κ2) is 8.18. The first-order valence-electron chi connectivity index (χ1n) is 7.65. The van der Waals surface area contributed by atoms with Crippen molar-refractivity contribution in [1.29, 1.82) is 0 Å². The van der Waals surface area contributed by atoms with Gasteiger partial charge in [-0.25, -0.2) is 0 Å². The largest absolute Gasteiger partial charge is 0.336 e. The summed E-state index contributed by atoms with van der Waals surface area (Å²) >= 11 is 0. The molecular formula is C15H28N2O2. The van der Waals surface area contributed by atoms with Crippen LogP contribution in [0, 0.1) is 0 Å². The summed E-state index contributed by atoms with van der Waals surface area (Å²) in [6, 6.07) is 0.440. The van der Waals surface area contributed by atoms with Crippen molar-refractivity contribution in [3.05, 3.63) is 0 Å². The summed E-state index contributed by atoms with van der Waals surface area (Å²) in [7, 11) is 0. The van der Waals surface area contributed by atoms with E-state index in [4.69, 9.17) is 0 Å². The molecule has 0 aromatic carbocycles. The summed E-state index contributed by atoms with van der Waals surface area (Å²) < 4.78 is 0.